The summed E-state index contributed by atoms with van der Waals surface area (Å²) in [7, 11) is 0. The van der Waals surface area contributed by atoms with Crippen LogP contribution in [0.25, 0.3) is 0 Å². The zero-order valence-corrected chi connectivity index (χ0v) is 7.39. The molecule has 0 aromatic carbocycles. The molecule has 0 spiro atoms. The Balaban J connectivity index is 3.05. The molecule has 1 aliphatic rings. The summed E-state index contributed by atoms with van der Waals surface area (Å²) in [5.74, 6) is 0.476. The minimum Gasteiger partial charge on any atom is -0.399 e. The molecule has 0 bridgehead atoms. The number of nitrogens with two attached hydrogens (primary N) is 1. The van der Waals surface area contributed by atoms with Crippen LogP contribution in [0.2, 0.25) is 0 Å². The second kappa shape index (κ2) is 2.95. The molecule has 0 aromatic heterocycles. The van der Waals surface area contributed by atoms with E-state index in [1.165, 1.54) is 11.1 Å². The van der Waals surface area contributed by atoms with E-state index in [1.807, 2.05) is 6.08 Å². The SMILES string of the molecule is CC1=CC(N)=C(C)[C@@H](C)C=C1. The number of hydrogen-bond acceptors (Lipinski definition) is 1. The largest absolute Gasteiger partial charge is 0.399 e. The van der Waals surface area contributed by atoms with Gasteiger partial charge < -0.3 is 5.73 Å². The van der Waals surface area contributed by atoms with Gasteiger partial charge in [0.2, 0.25) is 0 Å². The van der Waals surface area contributed by atoms with E-state index in [4.69, 9.17) is 5.73 Å². The molecule has 1 aliphatic carbocycles. The second-order valence-corrected chi connectivity index (χ2v) is 3.17. The van der Waals surface area contributed by atoms with Gasteiger partial charge in [-0.1, -0.05) is 19.1 Å². The molecule has 2 N–H and O–H groups in total. The molecule has 0 amide bonds. The van der Waals surface area contributed by atoms with Crippen molar-refractivity contribution in [1.29, 1.82) is 0 Å². The highest BCUT2D eigenvalue weighted by Crippen LogP contribution is 2.19. The lowest BCUT2D eigenvalue weighted by atomic mass is 10.0. The molecule has 0 saturated heterocycles. The van der Waals surface area contributed by atoms with Crippen molar-refractivity contribution in [2.45, 2.75) is 20.8 Å². The van der Waals surface area contributed by atoms with Gasteiger partial charge >= 0.3 is 0 Å². The van der Waals surface area contributed by atoms with Crippen LogP contribution in [0.3, 0.4) is 0 Å². The number of hydrogen-bond donors (Lipinski definition) is 1. The lowest BCUT2D eigenvalue weighted by molar-refractivity contribution is 0.850. The maximum absolute atomic E-state index is 5.82. The van der Waals surface area contributed by atoms with Gasteiger partial charge in [0.15, 0.2) is 0 Å². The van der Waals surface area contributed by atoms with Crippen LogP contribution in [-0.2, 0) is 0 Å². The first-order valence-corrected chi connectivity index (χ1v) is 3.94. The fourth-order valence-electron chi connectivity index (χ4n) is 1.11. The predicted octanol–water partition coefficient (Wildman–Crippen LogP) is 2.37. The third kappa shape index (κ3) is 1.73. The number of rotatable bonds is 0. The summed E-state index contributed by atoms with van der Waals surface area (Å²) >= 11 is 0. The highest BCUT2D eigenvalue weighted by atomic mass is 14.6. The fourth-order valence-corrected chi connectivity index (χ4v) is 1.11. The van der Waals surface area contributed by atoms with Gasteiger partial charge in [0.05, 0.1) is 0 Å². The van der Waals surface area contributed by atoms with Crippen molar-refractivity contribution in [2.75, 3.05) is 0 Å². The first-order valence-electron chi connectivity index (χ1n) is 3.94. The quantitative estimate of drug-likeness (QED) is 0.562. The smallest absolute Gasteiger partial charge is 0.0311 e. The summed E-state index contributed by atoms with van der Waals surface area (Å²) in [4.78, 5) is 0. The predicted molar refractivity (Wildman–Crippen MR) is 48.9 cm³/mol. The molecule has 0 radical (unpaired) electrons. The lowest BCUT2D eigenvalue weighted by Gasteiger charge is -2.06. The molecule has 1 rings (SSSR count). The Morgan fingerprint density at radius 2 is 2.00 bits per heavy atom. The normalized spacial score (nSPS) is 25.0. The standard InChI is InChI=1S/C10H15N/c1-7-4-5-8(2)9(3)10(11)6-7/h4-6,8H,11H2,1-3H3/t8-/m0/s1. The van der Waals surface area contributed by atoms with Gasteiger partial charge in [-0.3, -0.25) is 0 Å². The second-order valence-electron chi connectivity index (χ2n) is 3.17. The molecular formula is C10H15N. The molecular weight excluding hydrogens is 134 g/mol. The summed E-state index contributed by atoms with van der Waals surface area (Å²) < 4.78 is 0. The van der Waals surface area contributed by atoms with Crippen molar-refractivity contribution < 1.29 is 0 Å². The Labute approximate surface area is 68.3 Å². The molecule has 0 aliphatic heterocycles. The van der Waals surface area contributed by atoms with Crippen molar-refractivity contribution >= 4 is 0 Å². The van der Waals surface area contributed by atoms with Gasteiger partial charge in [-0.2, -0.15) is 0 Å². The molecule has 1 nitrogen and oxygen atoms in total. The monoisotopic (exact) mass is 149 g/mol. The van der Waals surface area contributed by atoms with Crippen LogP contribution in [-0.4, -0.2) is 0 Å². The summed E-state index contributed by atoms with van der Waals surface area (Å²) in [5.41, 5.74) is 9.23. The Hall–Kier alpha value is -0.980. The van der Waals surface area contributed by atoms with Crippen LogP contribution in [0.5, 0.6) is 0 Å². The van der Waals surface area contributed by atoms with E-state index < -0.39 is 0 Å². The number of allylic oxidation sites excluding steroid dienone is 5. The van der Waals surface area contributed by atoms with Crippen LogP contribution in [0.1, 0.15) is 20.8 Å². The van der Waals surface area contributed by atoms with Gasteiger partial charge in [0, 0.05) is 5.70 Å². The van der Waals surface area contributed by atoms with Crippen LogP contribution in [0.15, 0.2) is 35.1 Å². The van der Waals surface area contributed by atoms with Gasteiger partial charge in [-0.15, -0.1) is 0 Å². The molecule has 1 heteroatoms. The molecule has 1 atom stereocenters. The Kier molecular flexibility index (Phi) is 2.18. The maximum Gasteiger partial charge on any atom is 0.0311 e. The van der Waals surface area contributed by atoms with Gasteiger partial charge in [-0.05, 0) is 37.0 Å². The maximum atomic E-state index is 5.82. The molecule has 0 fully saturated rings. The first kappa shape index (κ1) is 8.12. The van der Waals surface area contributed by atoms with Crippen molar-refractivity contribution in [3.8, 4) is 0 Å². The van der Waals surface area contributed by atoms with Crippen LogP contribution < -0.4 is 5.73 Å². The Morgan fingerprint density at radius 3 is 2.64 bits per heavy atom. The van der Waals surface area contributed by atoms with Gasteiger partial charge in [-0.25, -0.2) is 0 Å². The van der Waals surface area contributed by atoms with E-state index in [0.717, 1.165) is 5.70 Å². The summed E-state index contributed by atoms with van der Waals surface area (Å²) in [6.07, 6.45) is 6.32. The average molecular weight is 149 g/mol. The Bertz CT molecular complexity index is 244. The van der Waals surface area contributed by atoms with E-state index in [2.05, 4.69) is 32.9 Å². The van der Waals surface area contributed by atoms with E-state index >= 15 is 0 Å². The highest BCUT2D eigenvalue weighted by molar-refractivity contribution is 5.35. The zero-order valence-electron chi connectivity index (χ0n) is 7.39. The third-order valence-electron chi connectivity index (χ3n) is 2.17. The molecule has 0 saturated carbocycles. The van der Waals surface area contributed by atoms with Crippen molar-refractivity contribution in [3.63, 3.8) is 0 Å². The van der Waals surface area contributed by atoms with Crippen LogP contribution in [0.4, 0.5) is 0 Å². The van der Waals surface area contributed by atoms with E-state index in [1.54, 1.807) is 0 Å². The molecule has 0 heterocycles. The highest BCUT2D eigenvalue weighted by Gasteiger charge is 2.05. The molecule has 11 heavy (non-hydrogen) atoms. The van der Waals surface area contributed by atoms with Crippen LogP contribution in [0, 0.1) is 5.92 Å². The van der Waals surface area contributed by atoms with E-state index in [0.29, 0.717) is 5.92 Å². The van der Waals surface area contributed by atoms with E-state index in [9.17, 15) is 0 Å². The lowest BCUT2D eigenvalue weighted by Crippen LogP contribution is -2.01. The van der Waals surface area contributed by atoms with Crippen LogP contribution >= 0.6 is 0 Å². The molecule has 60 valence electrons. The van der Waals surface area contributed by atoms with E-state index in [-0.39, 0.29) is 0 Å². The van der Waals surface area contributed by atoms with Gasteiger partial charge in [0.1, 0.15) is 0 Å². The summed E-state index contributed by atoms with van der Waals surface area (Å²) in [5, 5.41) is 0. The van der Waals surface area contributed by atoms with Crippen molar-refractivity contribution in [3.05, 3.63) is 35.1 Å². The minimum atomic E-state index is 0.476. The average Bonchev–Trinajstić information content (AvgIpc) is 2.05. The summed E-state index contributed by atoms with van der Waals surface area (Å²) in [6, 6.07) is 0. The van der Waals surface area contributed by atoms with Gasteiger partial charge in [0.25, 0.3) is 0 Å². The first-order chi connectivity index (χ1) is 5.11. The zero-order chi connectivity index (χ0) is 8.43. The third-order valence-corrected chi connectivity index (χ3v) is 2.17. The topological polar surface area (TPSA) is 26.0 Å². The summed E-state index contributed by atoms with van der Waals surface area (Å²) in [6.45, 7) is 6.30. The molecule has 0 unspecified atom stereocenters. The van der Waals surface area contributed by atoms with Crippen molar-refractivity contribution in [2.24, 2.45) is 11.7 Å². The minimum absolute atomic E-state index is 0.476. The fraction of sp³-hybridized carbons (Fsp3) is 0.400. The Morgan fingerprint density at radius 1 is 1.36 bits per heavy atom. The molecule has 0 aromatic rings. The van der Waals surface area contributed by atoms with Crippen molar-refractivity contribution in [1.82, 2.24) is 0 Å².